The van der Waals surface area contributed by atoms with Crippen LogP contribution < -0.4 is 11.1 Å². The Hall–Kier alpha value is -4.68. The zero-order chi connectivity index (χ0) is 31.7. The molecular weight excluding hydrogens is 576 g/mol. The average Bonchev–Trinajstić information content (AvgIpc) is 3.33. The van der Waals surface area contributed by atoms with Crippen molar-refractivity contribution in [3.63, 3.8) is 0 Å². The van der Waals surface area contributed by atoms with E-state index in [1.165, 1.54) is 24.4 Å². The van der Waals surface area contributed by atoms with E-state index in [4.69, 9.17) is 5.73 Å². The van der Waals surface area contributed by atoms with Gasteiger partial charge in [-0.2, -0.15) is 18.3 Å². The van der Waals surface area contributed by atoms with Crippen LogP contribution in [0.3, 0.4) is 0 Å². The molecule has 0 saturated carbocycles. The third-order valence-electron chi connectivity index (χ3n) is 6.54. The van der Waals surface area contributed by atoms with Crippen molar-refractivity contribution < 1.29 is 35.9 Å². The number of hydrogen-bond acceptors (Lipinski definition) is 4. The highest BCUT2D eigenvalue weighted by molar-refractivity contribution is 5.94. The molecule has 2 amide bonds. The summed E-state index contributed by atoms with van der Waals surface area (Å²) in [5.41, 5.74) is 3.96. The van der Waals surface area contributed by atoms with Crippen molar-refractivity contribution in [2.75, 3.05) is 0 Å². The van der Waals surface area contributed by atoms with E-state index in [1.54, 1.807) is 26.8 Å². The standard InChI is InChI=1S/C30H27F6N5O2/c1-29(2,3)24-14-25(30(34,35)36)41(40-24)15-26(42)39-23(11-16-9-18(31)13-19(32)10-16)27-20(5-4-8-38-27)17-6-7-22(33)21(12-17)28(37)43/h4-10,12-14,23H,11,15H2,1-3H3,(H2,37,43)(H,39,42)/t23-/m0/s1. The number of nitrogens with one attached hydrogen (secondary N) is 1. The molecule has 0 aliphatic rings. The summed E-state index contributed by atoms with van der Waals surface area (Å²) in [7, 11) is 0. The fourth-order valence-electron chi connectivity index (χ4n) is 4.51. The number of nitrogens with zero attached hydrogens (tertiary/aromatic N) is 3. The van der Waals surface area contributed by atoms with Gasteiger partial charge in [0, 0.05) is 23.2 Å². The molecule has 0 unspecified atom stereocenters. The van der Waals surface area contributed by atoms with Gasteiger partial charge in [-0.05, 0) is 53.9 Å². The number of hydrogen-bond donors (Lipinski definition) is 2. The van der Waals surface area contributed by atoms with Crippen LogP contribution in [0.1, 0.15) is 59.8 Å². The van der Waals surface area contributed by atoms with Gasteiger partial charge in [0.25, 0.3) is 5.91 Å². The molecule has 0 aliphatic carbocycles. The average molecular weight is 604 g/mol. The Kier molecular flexibility index (Phi) is 8.65. The van der Waals surface area contributed by atoms with Gasteiger partial charge < -0.3 is 11.1 Å². The lowest BCUT2D eigenvalue weighted by Crippen LogP contribution is -2.35. The van der Waals surface area contributed by atoms with E-state index in [2.05, 4.69) is 15.4 Å². The maximum absolute atomic E-state index is 14.2. The minimum atomic E-state index is -4.80. The lowest BCUT2D eigenvalue weighted by molar-refractivity contribution is -0.144. The molecule has 0 saturated heterocycles. The summed E-state index contributed by atoms with van der Waals surface area (Å²) in [5.74, 6) is -4.56. The smallest absolute Gasteiger partial charge is 0.366 e. The maximum Gasteiger partial charge on any atom is 0.433 e. The number of amides is 2. The Labute approximate surface area is 242 Å². The topological polar surface area (TPSA) is 103 Å². The second kappa shape index (κ2) is 11.9. The Balaban J connectivity index is 1.76. The molecule has 43 heavy (non-hydrogen) atoms. The predicted molar refractivity (Wildman–Crippen MR) is 145 cm³/mol. The highest BCUT2D eigenvalue weighted by atomic mass is 19.4. The number of nitrogens with two attached hydrogens (primary N) is 1. The number of benzene rings is 2. The molecule has 4 aromatic rings. The fraction of sp³-hybridized carbons (Fsp3) is 0.267. The molecule has 4 rings (SSSR count). The monoisotopic (exact) mass is 603 g/mol. The summed E-state index contributed by atoms with van der Waals surface area (Å²) < 4.78 is 84.3. The zero-order valence-corrected chi connectivity index (χ0v) is 23.3. The van der Waals surface area contributed by atoms with Crippen LogP contribution in [0.5, 0.6) is 0 Å². The summed E-state index contributed by atoms with van der Waals surface area (Å²) in [5, 5.41) is 6.63. The number of rotatable bonds is 8. The number of pyridine rings is 1. The molecule has 2 heterocycles. The molecule has 2 aromatic carbocycles. The van der Waals surface area contributed by atoms with E-state index in [-0.39, 0.29) is 28.9 Å². The number of primary amides is 1. The number of halogens is 6. The Morgan fingerprint density at radius 3 is 2.26 bits per heavy atom. The van der Waals surface area contributed by atoms with Gasteiger partial charge >= 0.3 is 6.18 Å². The summed E-state index contributed by atoms with van der Waals surface area (Å²) in [4.78, 5) is 29.4. The first kappa shape index (κ1) is 31.3. The maximum atomic E-state index is 14.2. The molecule has 2 aromatic heterocycles. The number of carbonyl (C=O) groups excluding carboxylic acids is 2. The molecule has 0 aliphatic heterocycles. The molecule has 226 valence electrons. The third-order valence-corrected chi connectivity index (χ3v) is 6.54. The van der Waals surface area contributed by atoms with Crippen molar-refractivity contribution in [2.24, 2.45) is 5.73 Å². The largest absolute Gasteiger partial charge is 0.433 e. The molecule has 1 atom stereocenters. The van der Waals surface area contributed by atoms with Gasteiger partial charge in [-0.25, -0.2) is 13.2 Å². The second-order valence-corrected chi connectivity index (χ2v) is 10.9. The molecule has 0 bridgehead atoms. The van der Waals surface area contributed by atoms with Crippen molar-refractivity contribution in [1.29, 1.82) is 0 Å². The van der Waals surface area contributed by atoms with Crippen LogP contribution in [0.25, 0.3) is 11.1 Å². The third kappa shape index (κ3) is 7.40. The van der Waals surface area contributed by atoms with Crippen molar-refractivity contribution >= 4 is 11.8 Å². The molecule has 0 radical (unpaired) electrons. The quantitative estimate of drug-likeness (QED) is 0.246. The number of alkyl halides is 3. The van der Waals surface area contributed by atoms with E-state index in [9.17, 15) is 35.9 Å². The normalized spacial score (nSPS) is 12.7. The lowest BCUT2D eigenvalue weighted by atomic mass is 9.92. The van der Waals surface area contributed by atoms with E-state index in [0.29, 0.717) is 16.3 Å². The van der Waals surface area contributed by atoms with E-state index in [0.717, 1.165) is 24.3 Å². The van der Waals surface area contributed by atoms with Crippen molar-refractivity contribution in [2.45, 2.75) is 51.4 Å². The van der Waals surface area contributed by atoms with E-state index < -0.39 is 64.7 Å². The highest BCUT2D eigenvalue weighted by Gasteiger charge is 2.38. The van der Waals surface area contributed by atoms with Gasteiger partial charge in [0.2, 0.25) is 5.91 Å². The Morgan fingerprint density at radius 2 is 1.65 bits per heavy atom. The fourth-order valence-corrected chi connectivity index (χ4v) is 4.51. The molecule has 7 nitrogen and oxygen atoms in total. The van der Waals surface area contributed by atoms with Crippen LogP contribution >= 0.6 is 0 Å². The molecular formula is C30H27F6N5O2. The minimum Gasteiger partial charge on any atom is -0.366 e. The summed E-state index contributed by atoms with van der Waals surface area (Å²) in [6.45, 7) is 4.20. The van der Waals surface area contributed by atoms with Gasteiger partial charge in [0.15, 0.2) is 0 Å². The Morgan fingerprint density at radius 1 is 0.977 bits per heavy atom. The zero-order valence-electron chi connectivity index (χ0n) is 23.3. The van der Waals surface area contributed by atoms with Crippen LogP contribution in [0.2, 0.25) is 0 Å². The van der Waals surface area contributed by atoms with Crippen LogP contribution in [0.4, 0.5) is 26.3 Å². The summed E-state index contributed by atoms with van der Waals surface area (Å²) in [6, 6.07) is 9.11. The minimum absolute atomic E-state index is 0.112. The summed E-state index contributed by atoms with van der Waals surface area (Å²) >= 11 is 0. The number of aromatic nitrogens is 3. The first-order valence-corrected chi connectivity index (χ1v) is 13.0. The highest BCUT2D eigenvalue weighted by Crippen LogP contribution is 2.34. The SMILES string of the molecule is CC(C)(C)c1cc(C(F)(F)F)n(CC(=O)N[C@@H](Cc2cc(F)cc(F)c2)c2ncccc2-c2ccc(F)c(C(N)=O)c2)n1. The predicted octanol–water partition coefficient (Wildman–Crippen LogP) is 5.88. The first-order chi connectivity index (χ1) is 20.0. The van der Waals surface area contributed by atoms with Crippen molar-refractivity contribution in [1.82, 2.24) is 20.1 Å². The molecule has 0 spiro atoms. The Bertz CT molecular complexity index is 1660. The van der Waals surface area contributed by atoms with E-state index in [1.807, 2.05) is 0 Å². The van der Waals surface area contributed by atoms with Crippen LogP contribution in [0.15, 0.2) is 60.8 Å². The number of carbonyl (C=O) groups is 2. The molecule has 3 N–H and O–H groups in total. The van der Waals surface area contributed by atoms with Gasteiger partial charge in [-0.15, -0.1) is 0 Å². The van der Waals surface area contributed by atoms with Crippen LogP contribution in [0, 0.1) is 17.5 Å². The van der Waals surface area contributed by atoms with Crippen molar-refractivity contribution in [3.8, 4) is 11.1 Å². The second-order valence-electron chi connectivity index (χ2n) is 10.9. The van der Waals surface area contributed by atoms with Crippen LogP contribution in [-0.2, 0) is 29.4 Å². The molecule has 13 heteroatoms. The van der Waals surface area contributed by atoms with Gasteiger partial charge in [0.1, 0.15) is 29.7 Å². The lowest BCUT2D eigenvalue weighted by Gasteiger charge is -2.22. The van der Waals surface area contributed by atoms with Gasteiger partial charge in [0.05, 0.1) is 23.0 Å². The van der Waals surface area contributed by atoms with Gasteiger partial charge in [-0.3, -0.25) is 19.3 Å². The first-order valence-electron chi connectivity index (χ1n) is 13.0. The van der Waals surface area contributed by atoms with Crippen molar-refractivity contribution in [3.05, 3.63) is 106 Å². The van der Waals surface area contributed by atoms with Gasteiger partial charge in [-0.1, -0.05) is 32.9 Å². The summed E-state index contributed by atoms with van der Waals surface area (Å²) in [6.07, 6.45) is -3.66. The molecule has 0 fully saturated rings. The van der Waals surface area contributed by atoms with Crippen LogP contribution in [-0.4, -0.2) is 26.6 Å². The van der Waals surface area contributed by atoms with E-state index >= 15 is 0 Å².